The Bertz CT molecular complexity index is 960. The molecule has 3 rings (SSSR count). The number of carboxylic acid groups (broad SMARTS) is 1. The van der Waals surface area contributed by atoms with Gasteiger partial charge in [0.2, 0.25) is 0 Å². The van der Waals surface area contributed by atoms with E-state index < -0.39 is 11.4 Å². The summed E-state index contributed by atoms with van der Waals surface area (Å²) >= 11 is 0. The van der Waals surface area contributed by atoms with Gasteiger partial charge in [-0.2, -0.15) is 0 Å². The summed E-state index contributed by atoms with van der Waals surface area (Å²) in [6, 6.07) is 11.0. The molecule has 1 N–H and O–H groups in total. The zero-order valence-corrected chi connectivity index (χ0v) is 16.6. The zero-order valence-electron chi connectivity index (χ0n) is 16.6. The standard InChI is InChI=1S/C24H26O3/c1-14-11-19-20(24(5,6)21(25)13-23(19,3)4)12-18(14)15(2)16-7-9-17(10-8-16)22(26)27/h7-12H,2,13H2,1,3-6H3,(H,26,27). The molecule has 0 saturated heterocycles. The van der Waals surface area contributed by atoms with Gasteiger partial charge in [-0.05, 0) is 77.8 Å². The molecule has 0 aromatic heterocycles. The van der Waals surface area contributed by atoms with E-state index in [1.54, 1.807) is 24.3 Å². The maximum absolute atomic E-state index is 12.8. The van der Waals surface area contributed by atoms with Crippen LogP contribution in [0.1, 0.15) is 72.3 Å². The molecule has 1 aliphatic rings. The Morgan fingerprint density at radius 2 is 1.56 bits per heavy atom. The lowest BCUT2D eigenvalue weighted by molar-refractivity contribution is -0.125. The number of carbonyl (C=O) groups is 2. The first kappa shape index (κ1) is 19.1. The van der Waals surface area contributed by atoms with Gasteiger partial charge < -0.3 is 5.11 Å². The van der Waals surface area contributed by atoms with Crippen LogP contribution < -0.4 is 0 Å². The molecule has 3 heteroatoms. The van der Waals surface area contributed by atoms with Crippen molar-refractivity contribution in [3.63, 3.8) is 0 Å². The number of hydrogen-bond donors (Lipinski definition) is 1. The zero-order chi connectivity index (χ0) is 20.1. The molecule has 0 unspecified atom stereocenters. The molecule has 2 aromatic carbocycles. The Kier molecular flexibility index (Phi) is 4.38. The van der Waals surface area contributed by atoms with Crippen molar-refractivity contribution < 1.29 is 14.7 Å². The van der Waals surface area contributed by atoms with Crippen LogP contribution in [0, 0.1) is 6.92 Å². The first-order valence-corrected chi connectivity index (χ1v) is 9.17. The summed E-state index contributed by atoms with van der Waals surface area (Å²) in [6.45, 7) is 14.5. The molecule has 0 radical (unpaired) electrons. The van der Waals surface area contributed by atoms with Crippen molar-refractivity contribution >= 4 is 17.3 Å². The molecule has 0 aliphatic heterocycles. The highest BCUT2D eigenvalue weighted by Crippen LogP contribution is 2.45. The van der Waals surface area contributed by atoms with E-state index in [1.165, 1.54) is 5.56 Å². The van der Waals surface area contributed by atoms with Gasteiger partial charge in [0.05, 0.1) is 5.56 Å². The number of benzene rings is 2. The molecule has 0 heterocycles. The number of Topliss-reactive ketones (excluding diaryl/α,β-unsaturated/α-hetero) is 1. The topological polar surface area (TPSA) is 54.4 Å². The fourth-order valence-electron chi connectivity index (χ4n) is 3.95. The van der Waals surface area contributed by atoms with E-state index in [0.29, 0.717) is 6.42 Å². The summed E-state index contributed by atoms with van der Waals surface area (Å²) < 4.78 is 0. The molecule has 0 saturated carbocycles. The van der Waals surface area contributed by atoms with Crippen molar-refractivity contribution in [2.75, 3.05) is 0 Å². The lowest BCUT2D eigenvalue weighted by Crippen LogP contribution is -2.42. The summed E-state index contributed by atoms with van der Waals surface area (Å²) in [5.41, 5.74) is 5.64. The van der Waals surface area contributed by atoms with Crippen LogP contribution in [0.15, 0.2) is 43.0 Å². The van der Waals surface area contributed by atoms with Gasteiger partial charge in [-0.3, -0.25) is 4.79 Å². The molecule has 140 valence electrons. The number of fused-ring (bicyclic) bond motifs is 1. The Morgan fingerprint density at radius 3 is 2.11 bits per heavy atom. The van der Waals surface area contributed by atoms with E-state index in [0.717, 1.165) is 27.8 Å². The summed E-state index contributed by atoms with van der Waals surface area (Å²) in [7, 11) is 0. The fraction of sp³-hybridized carbons (Fsp3) is 0.333. The Balaban J connectivity index is 2.13. The summed E-state index contributed by atoms with van der Waals surface area (Å²) in [6.07, 6.45) is 0.545. The third-order valence-electron chi connectivity index (χ3n) is 5.87. The lowest BCUT2D eigenvalue weighted by Gasteiger charge is -2.41. The number of ketones is 1. The summed E-state index contributed by atoms with van der Waals surface area (Å²) in [5, 5.41) is 9.09. The molecule has 1 aliphatic carbocycles. The van der Waals surface area contributed by atoms with Crippen LogP contribution in [0.3, 0.4) is 0 Å². The number of carboxylic acids is 1. The van der Waals surface area contributed by atoms with Crippen LogP contribution in [-0.4, -0.2) is 16.9 Å². The monoisotopic (exact) mass is 362 g/mol. The largest absolute Gasteiger partial charge is 0.478 e. The minimum Gasteiger partial charge on any atom is -0.478 e. The minimum atomic E-state index is -0.945. The van der Waals surface area contributed by atoms with Gasteiger partial charge in [0.1, 0.15) is 5.78 Å². The Morgan fingerprint density at radius 1 is 1.00 bits per heavy atom. The second-order valence-electron chi connectivity index (χ2n) is 8.68. The lowest BCUT2D eigenvalue weighted by atomic mass is 9.61. The normalized spacial score (nSPS) is 17.3. The molecule has 0 bridgehead atoms. The molecule has 27 heavy (non-hydrogen) atoms. The predicted molar refractivity (Wildman–Crippen MR) is 108 cm³/mol. The highest BCUT2D eigenvalue weighted by Gasteiger charge is 2.43. The maximum atomic E-state index is 12.8. The summed E-state index contributed by atoms with van der Waals surface area (Å²) in [5.74, 6) is -0.689. The Labute approximate surface area is 160 Å². The first-order chi connectivity index (χ1) is 12.4. The highest BCUT2D eigenvalue weighted by molar-refractivity contribution is 5.94. The predicted octanol–water partition coefficient (Wildman–Crippen LogP) is 5.28. The Hall–Kier alpha value is -2.68. The number of rotatable bonds is 3. The van der Waals surface area contributed by atoms with Crippen LogP contribution in [0.2, 0.25) is 0 Å². The number of hydrogen-bond acceptors (Lipinski definition) is 2. The first-order valence-electron chi connectivity index (χ1n) is 9.17. The molecule has 0 amide bonds. The molecular formula is C24H26O3. The van der Waals surface area contributed by atoms with E-state index >= 15 is 0 Å². The van der Waals surface area contributed by atoms with Gasteiger partial charge in [-0.1, -0.05) is 38.6 Å². The van der Waals surface area contributed by atoms with Gasteiger partial charge in [-0.15, -0.1) is 0 Å². The van der Waals surface area contributed by atoms with Crippen LogP contribution in [0.4, 0.5) is 0 Å². The van der Waals surface area contributed by atoms with E-state index in [-0.39, 0.29) is 16.8 Å². The van der Waals surface area contributed by atoms with E-state index in [9.17, 15) is 9.59 Å². The average Bonchev–Trinajstić information content (AvgIpc) is 2.59. The summed E-state index contributed by atoms with van der Waals surface area (Å²) in [4.78, 5) is 23.8. The van der Waals surface area contributed by atoms with Crippen LogP contribution in [0.25, 0.3) is 5.57 Å². The van der Waals surface area contributed by atoms with E-state index in [2.05, 4.69) is 39.5 Å². The second kappa shape index (κ2) is 6.19. The van der Waals surface area contributed by atoms with Gasteiger partial charge >= 0.3 is 5.97 Å². The van der Waals surface area contributed by atoms with Crippen molar-refractivity contribution in [1.29, 1.82) is 0 Å². The van der Waals surface area contributed by atoms with Crippen LogP contribution in [0.5, 0.6) is 0 Å². The van der Waals surface area contributed by atoms with Gasteiger partial charge in [0.25, 0.3) is 0 Å². The molecule has 2 aromatic rings. The van der Waals surface area contributed by atoms with Crippen molar-refractivity contribution in [2.24, 2.45) is 0 Å². The quantitative estimate of drug-likeness (QED) is 0.808. The number of aryl methyl sites for hydroxylation is 1. The second-order valence-corrected chi connectivity index (χ2v) is 8.68. The molecule has 0 fully saturated rings. The van der Waals surface area contributed by atoms with Crippen molar-refractivity contribution in [1.82, 2.24) is 0 Å². The van der Waals surface area contributed by atoms with Crippen LogP contribution >= 0.6 is 0 Å². The molecule has 0 spiro atoms. The van der Waals surface area contributed by atoms with Gasteiger partial charge in [-0.25, -0.2) is 4.79 Å². The van der Waals surface area contributed by atoms with Gasteiger partial charge in [0, 0.05) is 11.8 Å². The van der Waals surface area contributed by atoms with E-state index in [4.69, 9.17) is 5.11 Å². The van der Waals surface area contributed by atoms with Gasteiger partial charge in [0.15, 0.2) is 0 Å². The molecule has 0 atom stereocenters. The number of aromatic carboxylic acids is 1. The number of carbonyl (C=O) groups excluding carboxylic acids is 1. The van der Waals surface area contributed by atoms with Crippen molar-refractivity contribution in [3.8, 4) is 0 Å². The fourth-order valence-corrected chi connectivity index (χ4v) is 3.95. The van der Waals surface area contributed by atoms with Crippen LogP contribution in [-0.2, 0) is 15.6 Å². The smallest absolute Gasteiger partial charge is 0.335 e. The highest BCUT2D eigenvalue weighted by atomic mass is 16.4. The minimum absolute atomic E-state index is 0.185. The van der Waals surface area contributed by atoms with Crippen molar-refractivity contribution in [3.05, 3.63) is 76.4 Å². The molecule has 3 nitrogen and oxygen atoms in total. The molecular weight excluding hydrogens is 336 g/mol. The SMILES string of the molecule is C=C(c1ccc(C(=O)O)cc1)c1cc2c(cc1C)C(C)(C)CC(=O)C2(C)C. The third-order valence-corrected chi connectivity index (χ3v) is 5.87. The average molecular weight is 362 g/mol. The maximum Gasteiger partial charge on any atom is 0.335 e. The van der Waals surface area contributed by atoms with Crippen molar-refractivity contribution in [2.45, 2.75) is 51.9 Å². The van der Waals surface area contributed by atoms with E-state index in [1.807, 2.05) is 13.8 Å². The third kappa shape index (κ3) is 3.12.